The Morgan fingerprint density at radius 2 is 2.00 bits per heavy atom. The van der Waals surface area contributed by atoms with Crippen molar-refractivity contribution in [3.8, 4) is 0 Å². The zero-order valence-corrected chi connectivity index (χ0v) is 12.2. The molecule has 0 aliphatic rings. The lowest BCUT2D eigenvalue weighted by molar-refractivity contribution is -0.137. The van der Waals surface area contributed by atoms with Crippen LogP contribution in [-0.2, 0) is 14.3 Å². The van der Waals surface area contributed by atoms with E-state index in [9.17, 15) is 4.79 Å². The van der Waals surface area contributed by atoms with Gasteiger partial charge in [-0.15, -0.1) is 0 Å². The Bertz CT molecular complexity index is 305. The standard InChI is InChI=1S/C12H25N3O4/c1-12(2,19-4)9-11(16)15(7-8-18-3)6-5-10(13)14-17/h17H,5-9H2,1-4H3,(H2,13,14). The summed E-state index contributed by atoms with van der Waals surface area (Å²) in [5.41, 5.74) is 4.89. The molecule has 0 aromatic rings. The van der Waals surface area contributed by atoms with E-state index in [4.69, 9.17) is 20.4 Å². The molecule has 19 heavy (non-hydrogen) atoms. The Morgan fingerprint density at radius 1 is 1.37 bits per heavy atom. The van der Waals surface area contributed by atoms with E-state index < -0.39 is 5.60 Å². The Balaban J connectivity index is 4.51. The van der Waals surface area contributed by atoms with Gasteiger partial charge in [0, 0.05) is 33.7 Å². The average Bonchev–Trinajstić information content (AvgIpc) is 2.37. The first-order chi connectivity index (χ1) is 8.86. The van der Waals surface area contributed by atoms with Gasteiger partial charge in [-0.05, 0) is 13.8 Å². The highest BCUT2D eigenvalue weighted by Crippen LogP contribution is 2.14. The van der Waals surface area contributed by atoms with E-state index in [1.807, 2.05) is 13.8 Å². The van der Waals surface area contributed by atoms with Crippen LogP contribution in [0.25, 0.3) is 0 Å². The van der Waals surface area contributed by atoms with Gasteiger partial charge in [0.1, 0.15) is 5.84 Å². The van der Waals surface area contributed by atoms with Gasteiger partial charge < -0.3 is 25.3 Å². The summed E-state index contributed by atoms with van der Waals surface area (Å²) >= 11 is 0. The number of carbonyl (C=O) groups is 1. The van der Waals surface area contributed by atoms with Crippen molar-refractivity contribution in [1.29, 1.82) is 0 Å². The minimum Gasteiger partial charge on any atom is -0.409 e. The van der Waals surface area contributed by atoms with Crippen molar-refractivity contribution in [1.82, 2.24) is 4.90 Å². The highest BCUT2D eigenvalue weighted by atomic mass is 16.5. The van der Waals surface area contributed by atoms with E-state index in [-0.39, 0.29) is 18.2 Å². The van der Waals surface area contributed by atoms with Crippen LogP contribution in [-0.4, -0.2) is 61.4 Å². The first-order valence-corrected chi connectivity index (χ1v) is 6.14. The Morgan fingerprint density at radius 3 is 2.47 bits per heavy atom. The number of hydrogen-bond acceptors (Lipinski definition) is 5. The van der Waals surface area contributed by atoms with Crippen molar-refractivity contribution in [2.45, 2.75) is 32.3 Å². The normalized spacial score (nSPS) is 12.5. The highest BCUT2D eigenvalue weighted by molar-refractivity contribution is 5.81. The molecule has 112 valence electrons. The van der Waals surface area contributed by atoms with Gasteiger partial charge in [-0.25, -0.2) is 0 Å². The summed E-state index contributed by atoms with van der Waals surface area (Å²) in [6.45, 7) is 4.99. The van der Waals surface area contributed by atoms with Crippen LogP contribution in [0.5, 0.6) is 0 Å². The first-order valence-electron chi connectivity index (χ1n) is 6.14. The third-order valence-corrected chi connectivity index (χ3v) is 2.81. The molecule has 0 aliphatic heterocycles. The quantitative estimate of drug-likeness (QED) is 0.275. The molecule has 7 heteroatoms. The monoisotopic (exact) mass is 275 g/mol. The van der Waals surface area contributed by atoms with Crippen molar-refractivity contribution in [2.75, 3.05) is 33.9 Å². The summed E-state index contributed by atoms with van der Waals surface area (Å²) in [6.07, 6.45) is 0.586. The average molecular weight is 275 g/mol. The predicted octanol–water partition coefficient (Wildman–Crippen LogP) is 0.413. The maximum absolute atomic E-state index is 12.2. The Labute approximate surface area is 114 Å². The molecule has 3 N–H and O–H groups in total. The van der Waals surface area contributed by atoms with Crippen molar-refractivity contribution in [2.24, 2.45) is 10.9 Å². The van der Waals surface area contributed by atoms with E-state index in [0.717, 1.165) is 0 Å². The zero-order chi connectivity index (χ0) is 14.9. The number of hydrogen-bond donors (Lipinski definition) is 2. The molecular formula is C12H25N3O4. The summed E-state index contributed by atoms with van der Waals surface area (Å²) in [5, 5.41) is 11.4. The lowest BCUT2D eigenvalue weighted by Gasteiger charge is -2.28. The topological polar surface area (TPSA) is 97.4 Å². The number of carbonyl (C=O) groups excluding carboxylic acids is 1. The molecule has 7 nitrogen and oxygen atoms in total. The maximum Gasteiger partial charge on any atom is 0.225 e. The van der Waals surface area contributed by atoms with Crippen LogP contribution in [0.4, 0.5) is 0 Å². The fraction of sp³-hybridized carbons (Fsp3) is 0.833. The summed E-state index contributed by atoms with van der Waals surface area (Å²) in [7, 11) is 3.15. The third kappa shape index (κ3) is 7.63. The number of rotatable bonds is 9. The van der Waals surface area contributed by atoms with Crippen molar-refractivity contribution >= 4 is 11.7 Å². The van der Waals surface area contributed by atoms with E-state index in [2.05, 4.69) is 5.16 Å². The minimum absolute atomic E-state index is 0.0466. The summed E-state index contributed by atoms with van der Waals surface area (Å²) < 4.78 is 10.2. The molecule has 0 unspecified atom stereocenters. The first kappa shape index (κ1) is 17.7. The van der Waals surface area contributed by atoms with Gasteiger partial charge in [-0.3, -0.25) is 4.79 Å². The molecule has 0 saturated carbocycles. The number of amides is 1. The van der Waals surface area contributed by atoms with Gasteiger partial charge in [0.25, 0.3) is 0 Å². The number of nitrogens with two attached hydrogens (primary N) is 1. The van der Waals surface area contributed by atoms with Crippen LogP contribution >= 0.6 is 0 Å². The van der Waals surface area contributed by atoms with Gasteiger partial charge in [0.2, 0.25) is 5.91 Å². The van der Waals surface area contributed by atoms with Gasteiger partial charge in [-0.2, -0.15) is 0 Å². The summed E-state index contributed by atoms with van der Waals surface area (Å²) in [6, 6.07) is 0. The van der Waals surface area contributed by atoms with E-state index in [0.29, 0.717) is 26.1 Å². The molecule has 1 amide bonds. The maximum atomic E-state index is 12.2. The van der Waals surface area contributed by atoms with Gasteiger partial charge >= 0.3 is 0 Å². The highest BCUT2D eigenvalue weighted by Gasteiger charge is 2.24. The smallest absolute Gasteiger partial charge is 0.225 e. The van der Waals surface area contributed by atoms with E-state index in [1.54, 1.807) is 19.1 Å². The second-order valence-corrected chi connectivity index (χ2v) is 4.86. The Hall–Kier alpha value is -1.34. The number of methoxy groups -OCH3 is 2. The number of nitrogens with zero attached hydrogens (tertiary/aromatic N) is 2. The number of oxime groups is 1. The second kappa shape index (κ2) is 8.71. The molecule has 0 rings (SSSR count). The van der Waals surface area contributed by atoms with Gasteiger partial charge in [0.05, 0.1) is 18.6 Å². The van der Waals surface area contributed by atoms with Crippen LogP contribution in [0.15, 0.2) is 5.16 Å². The zero-order valence-electron chi connectivity index (χ0n) is 12.2. The van der Waals surface area contributed by atoms with E-state index in [1.165, 1.54) is 0 Å². The van der Waals surface area contributed by atoms with Crippen molar-refractivity contribution < 1.29 is 19.5 Å². The molecule has 0 aliphatic carbocycles. The fourth-order valence-corrected chi connectivity index (χ4v) is 1.41. The predicted molar refractivity (Wildman–Crippen MR) is 72.2 cm³/mol. The van der Waals surface area contributed by atoms with Crippen molar-refractivity contribution in [3.05, 3.63) is 0 Å². The minimum atomic E-state index is -0.515. The molecule has 0 bridgehead atoms. The van der Waals surface area contributed by atoms with Crippen LogP contribution in [0, 0.1) is 0 Å². The molecule has 0 saturated heterocycles. The lowest BCUT2D eigenvalue weighted by atomic mass is 10.0. The van der Waals surface area contributed by atoms with Crippen LogP contribution in [0.3, 0.4) is 0 Å². The van der Waals surface area contributed by atoms with Crippen LogP contribution in [0.2, 0.25) is 0 Å². The molecule has 0 spiro atoms. The summed E-state index contributed by atoms with van der Waals surface area (Å²) in [5.74, 6) is 0.0517. The Kier molecular flexibility index (Phi) is 8.09. The van der Waals surface area contributed by atoms with Crippen LogP contribution in [0.1, 0.15) is 26.7 Å². The number of ether oxygens (including phenoxy) is 2. The molecular weight excluding hydrogens is 250 g/mol. The molecule has 0 aromatic heterocycles. The van der Waals surface area contributed by atoms with Crippen LogP contribution < -0.4 is 5.73 Å². The largest absolute Gasteiger partial charge is 0.409 e. The van der Waals surface area contributed by atoms with Gasteiger partial charge in [-0.1, -0.05) is 5.16 Å². The molecule has 0 atom stereocenters. The fourth-order valence-electron chi connectivity index (χ4n) is 1.41. The molecule has 0 heterocycles. The SMILES string of the molecule is COCCN(CCC(N)=NO)C(=O)CC(C)(C)OC. The van der Waals surface area contributed by atoms with Crippen molar-refractivity contribution in [3.63, 3.8) is 0 Å². The summed E-state index contributed by atoms with van der Waals surface area (Å²) in [4.78, 5) is 13.8. The molecule has 0 fully saturated rings. The lowest BCUT2D eigenvalue weighted by Crippen LogP contribution is -2.40. The van der Waals surface area contributed by atoms with Gasteiger partial charge in [0.15, 0.2) is 0 Å². The van der Waals surface area contributed by atoms with E-state index >= 15 is 0 Å². The molecule has 0 aromatic carbocycles. The second-order valence-electron chi connectivity index (χ2n) is 4.86. The number of amidine groups is 1. The molecule has 0 radical (unpaired) electrons. The third-order valence-electron chi connectivity index (χ3n) is 2.81.